The summed E-state index contributed by atoms with van der Waals surface area (Å²) in [5, 5.41) is 0. The molecule has 3 aliphatic rings. The fourth-order valence-corrected chi connectivity index (χ4v) is 3.02. The van der Waals surface area contributed by atoms with E-state index < -0.39 is 0 Å². The highest BCUT2D eigenvalue weighted by molar-refractivity contribution is 5.44. The SMILES string of the molecule is CN1CCC2(C=CC3=CC=CC=C2C3)CC1. The molecule has 3 rings (SSSR count). The fraction of sp³-hybridized carbons (Fsp3) is 0.467. The van der Waals surface area contributed by atoms with Gasteiger partial charge in [0.05, 0.1) is 0 Å². The summed E-state index contributed by atoms with van der Waals surface area (Å²) in [4.78, 5) is 2.44. The van der Waals surface area contributed by atoms with E-state index in [0.29, 0.717) is 5.41 Å². The summed E-state index contributed by atoms with van der Waals surface area (Å²) in [5.74, 6) is 0. The second-order valence-electron chi connectivity index (χ2n) is 5.29. The molecule has 0 aromatic heterocycles. The maximum Gasteiger partial charge on any atom is 0.0125 e. The molecule has 0 aromatic carbocycles. The van der Waals surface area contributed by atoms with E-state index in [-0.39, 0.29) is 0 Å². The minimum absolute atomic E-state index is 0.374. The van der Waals surface area contributed by atoms with Crippen LogP contribution in [0.3, 0.4) is 0 Å². The van der Waals surface area contributed by atoms with Crippen LogP contribution in [0.2, 0.25) is 0 Å². The smallest absolute Gasteiger partial charge is 0.0125 e. The molecular weight excluding hydrogens is 194 g/mol. The molecule has 0 aromatic rings. The summed E-state index contributed by atoms with van der Waals surface area (Å²) in [5.41, 5.74) is 3.46. The van der Waals surface area contributed by atoms with Crippen LogP contribution in [0.1, 0.15) is 19.3 Å². The van der Waals surface area contributed by atoms with Crippen LogP contribution in [0, 0.1) is 5.41 Å². The first-order valence-electron chi connectivity index (χ1n) is 6.23. The van der Waals surface area contributed by atoms with Crippen LogP contribution in [-0.2, 0) is 0 Å². The number of piperidine rings is 1. The Bertz CT molecular complexity index is 401. The Morgan fingerprint density at radius 3 is 2.69 bits per heavy atom. The number of hydrogen-bond acceptors (Lipinski definition) is 1. The largest absolute Gasteiger partial charge is 0.306 e. The molecular formula is C15H19N. The number of nitrogens with zero attached hydrogens (tertiary/aromatic N) is 1. The first-order valence-corrected chi connectivity index (χ1v) is 6.23. The van der Waals surface area contributed by atoms with E-state index in [1.54, 1.807) is 5.57 Å². The average Bonchev–Trinajstić information content (AvgIpc) is 2.51. The van der Waals surface area contributed by atoms with E-state index in [1.165, 1.54) is 31.5 Å². The van der Waals surface area contributed by atoms with Gasteiger partial charge in [0.15, 0.2) is 0 Å². The standard InChI is InChI=1S/C15H19N/c1-16-10-8-15(9-11-16)7-6-13-4-2-3-5-14(15)12-13/h2-7H,8-12H2,1H3. The van der Waals surface area contributed by atoms with Gasteiger partial charge in [-0.25, -0.2) is 0 Å². The lowest BCUT2D eigenvalue weighted by molar-refractivity contribution is 0.189. The first-order chi connectivity index (χ1) is 7.78. The number of hydrogen-bond donors (Lipinski definition) is 0. The minimum atomic E-state index is 0.374. The third-order valence-corrected chi connectivity index (χ3v) is 4.25. The molecule has 1 heterocycles. The van der Waals surface area contributed by atoms with Crippen molar-refractivity contribution >= 4 is 0 Å². The Morgan fingerprint density at radius 1 is 1.12 bits per heavy atom. The Hall–Kier alpha value is -1.08. The number of fused-ring (bicyclic) bond motifs is 3. The van der Waals surface area contributed by atoms with Crippen LogP contribution in [0.4, 0.5) is 0 Å². The summed E-state index contributed by atoms with van der Waals surface area (Å²) in [6.45, 7) is 2.45. The van der Waals surface area contributed by atoms with E-state index in [0.717, 1.165) is 6.42 Å². The van der Waals surface area contributed by atoms with Gasteiger partial charge in [-0.3, -0.25) is 0 Å². The average molecular weight is 213 g/mol. The molecule has 2 bridgehead atoms. The molecule has 0 unspecified atom stereocenters. The van der Waals surface area contributed by atoms with Gasteiger partial charge in [-0.1, -0.05) is 42.0 Å². The number of likely N-dealkylation sites (tertiary alicyclic amines) is 1. The monoisotopic (exact) mass is 213 g/mol. The molecule has 0 amide bonds. The van der Waals surface area contributed by atoms with Crippen molar-refractivity contribution in [2.75, 3.05) is 20.1 Å². The molecule has 0 N–H and O–H groups in total. The molecule has 0 saturated carbocycles. The minimum Gasteiger partial charge on any atom is -0.306 e. The maximum absolute atomic E-state index is 2.47. The van der Waals surface area contributed by atoms with Gasteiger partial charge in [0.2, 0.25) is 0 Å². The van der Waals surface area contributed by atoms with E-state index in [2.05, 4.69) is 48.4 Å². The zero-order valence-corrected chi connectivity index (χ0v) is 9.95. The van der Waals surface area contributed by atoms with E-state index in [4.69, 9.17) is 0 Å². The van der Waals surface area contributed by atoms with Crippen molar-refractivity contribution < 1.29 is 0 Å². The molecule has 1 heteroatoms. The van der Waals surface area contributed by atoms with Gasteiger partial charge in [0.25, 0.3) is 0 Å². The Morgan fingerprint density at radius 2 is 1.88 bits per heavy atom. The van der Waals surface area contributed by atoms with Gasteiger partial charge in [-0.2, -0.15) is 0 Å². The molecule has 1 nitrogen and oxygen atoms in total. The van der Waals surface area contributed by atoms with Gasteiger partial charge in [0, 0.05) is 5.41 Å². The zero-order chi connectivity index (χ0) is 11.0. The summed E-state index contributed by atoms with van der Waals surface area (Å²) in [6.07, 6.45) is 17.5. The highest BCUT2D eigenvalue weighted by Gasteiger charge is 2.36. The van der Waals surface area contributed by atoms with Gasteiger partial charge in [0.1, 0.15) is 0 Å². The van der Waals surface area contributed by atoms with Crippen LogP contribution >= 0.6 is 0 Å². The highest BCUT2D eigenvalue weighted by Crippen LogP contribution is 2.46. The lowest BCUT2D eigenvalue weighted by atomic mass is 9.67. The van der Waals surface area contributed by atoms with Gasteiger partial charge in [-0.15, -0.1) is 0 Å². The first kappa shape index (κ1) is 10.1. The lowest BCUT2D eigenvalue weighted by Crippen LogP contribution is -2.38. The molecule has 1 saturated heterocycles. The van der Waals surface area contributed by atoms with Crippen molar-refractivity contribution in [3.63, 3.8) is 0 Å². The van der Waals surface area contributed by atoms with Gasteiger partial charge >= 0.3 is 0 Å². The van der Waals surface area contributed by atoms with Crippen molar-refractivity contribution in [2.45, 2.75) is 19.3 Å². The predicted molar refractivity (Wildman–Crippen MR) is 68.2 cm³/mol. The third kappa shape index (κ3) is 1.60. The van der Waals surface area contributed by atoms with Crippen molar-refractivity contribution in [3.8, 4) is 0 Å². The molecule has 0 atom stereocenters. The van der Waals surface area contributed by atoms with E-state index in [9.17, 15) is 0 Å². The van der Waals surface area contributed by atoms with Crippen LogP contribution < -0.4 is 0 Å². The van der Waals surface area contributed by atoms with Crippen molar-refractivity contribution in [2.24, 2.45) is 5.41 Å². The van der Waals surface area contributed by atoms with Crippen LogP contribution in [0.5, 0.6) is 0 Å². The predicted octanol–water partition coefficient (Wildman–Crippen LogP) is 3.08. The third-order valence-electron chi connectivity index (χ3n) is 4.25. The molecule has 0 radical (unpaired) electrons. The second kappa shape index (κ2) is 3.74. The quantitative estimate of drug-likeness (QED) is 0.597. The normalized spacial score (nSPS) is 27.6. The molecule has 2 aliphatic carbocycles. The summed E-state index contributed by atoms with van der Waals surface area (Å²) < 4.78 is 0. The van der Waals surface area contributed by atoms with Crippen LogP contribution in [-0.4, -0.2) is 25.0 Å². The molecule has 16 heavy (non-hydrogen) atoms. The number of rotatable bonds is 0. The summed E-state index contributed by atoms with van der Waals surface area (Å²) in [6, 6.07) is 0. The summed E-state index contributed by atoms with van der Waals surface area (Å²) >= 11 is 0. The van der Waals surface area contributed by atoms with Crippen molar-refractivity contribution in [1.29, 1.82) is 0 Å². The Balaban J connectivity index is 1.96. The Labute approximate surface area is 97.8 Å². The molecule has 84 valence electrons. The summed E-state index contributed by atoms with van der Waals surface area (Å²) in [7, 11) is 2.23. The van der Waals surface area contributed by atoms with Crippen LogP contribution in [0.15, 0.2) is 47.6 Å². The van der Waals surface area contributed by atoms with E-state index >= 15 is 0 Å². The maximum atomic E-state index is 2.47. The molecule has 1 aliphatic heterocycles. The molecule has 1 spiro atoms. The highest BCUT2D eigenvalue weighted by atomic mass is 15.1. The topological polar surface area (TPSA) is 3.24 Å². The van der Waals surface area contributed by atoms with Gasteiger partial charge in [-0.05, 0) is 45.0 Å². The van der Waals surface area contributed by atoms with E-state index in [1.807, 2.05) is 0 Å². The van der Waals surface area contributed by atoms with Crippen molar-refractivity contribution in [1.82, 2.24) is 4.90 Å². The fourth-order valence-electron chi connectivity index (χ4n) is 3.02. The molecule has 1 fully saturated rings. The van der Waals surface area contributed by atoms with Gasteiger partial charge < -0.3 is 4.90 Å². The zero-order valence-electron chi connectivity index (χ0n) is 9.95. The lowest BCUT2D eigenvalue weighted by Gasteiger charge is -2.42. The Kier molecular flexibility index (Phi) is 2.36. The van der Waals surface area contributed by atoms with Crippen LogP contribution in [0.25, 0.3) is 0 Å². The van der Waals surface area contributed by atoms with Crippen molar-refractivity contribution in [3.05, 3.63) is 47.6 Å². The second-order valence-corrected chi connectivity index (χ2v) is 5.29. The number of allylic oxidation sites excluding steroid dienone is 8.